The van der Waals surface area contributed by atoms with Gasteiger partial charge in [0, 0.05) is 0 Å². The smallest absolute Gasteiger partial charge is 0.416 e. The SMILES string of the molecule is COC(=O)C(C#N)c1ccc(C(F)(F)F)cc1CS(=O)O. The largest absolute Gasteiger partial charge is 0.468 e. The van der Waals surface area contributed by atoms with E-state index in [4.69, 9.17) is 9.81 Å². The van der Waals surface area contributed by atoms with Crippen molar-refractivity contribution in [3.05, 3.63) is 34.9 Å². The Morgan fingerprint density at radius 2 is 2.14 bits per heavy atom. The topological polar surface area (TPSA) is 87.4 Å². The highest BCUT2D eigenvalue weighted by atomic mass is 32.2. The monoisotopic (exact) mass is 321 g/mol. The zero-order valence-corrected chi connectivity index (χ0v) is 11.5. The summed E-state index contributed by atoms with van der Waals surface area (Å²) in [6.45, 7) is 0. The van der Waals surface area contributed by atoms with Crippen molar-refractivity contribution < 1.29 is 31.5 Å². The quantitative estimate of drug-likeness (QED) is 0.678. The number of benzene rings is 1. The first-order valence-corrected chi connectivity index (χ1v) is 6.73. The Labute approximate surface area is 120 Å². The molecule has 0 aliphatic heterocycles. The van der Waals surface area contributed by atoms with E-state index < -0.39 is 40.5 Å². The van der Waals surface area contributed by atoms with Crippen LogP contribution in [0.25, 0.3) is 0 Å². The van der Waals surface area contributed by atoms with Crippen LogP contribution in [0.5, 0.6) is 0 Å². The van der Waals surface area contributed by atoms with E-state index in [0.717, 1.165) is 13.2 Å². The van der Waals surface area contributed by atoms with Gasteiger partial charge in [0.2, 0.25) is 0 Å². The van der Waals surface area contributed by atoms with E-state index in [-0.39, 0.29) is 11.1 Å². The molecule has 0 bridgehead atoms. The second-order valence-corrected chi connectivity index (χ2v) is 4.89. The van der Waals surface area contributed by atoms with Crippen LogP contribution in [-0.2, 0) is 32.5 Å². The van der Waals surface area contributed by atoms with Crippen LogP contribution in [0.15, 0.2) is 18.2 Å². The van der Waals surface area contributed by atoms with Gasteiger partial charge in [-0.1, -0.05) is 6.07 Å². The molecule has 21 heavy (non-hydrogen) atoms. The average Bonchev–Trinajstić information content (AvgIpc) is 2.38. The van der Waals surface area contributed by atoms with Gasteiger partial charge in [-0.05, 0) is 23.3 Å². The molecule has 0 amide bonds. The highest BCUT2D eigenvalue weighted by molar-refractivity contribution is 7.78. The van der Waals surface area contributed by atoms with Crippen molar-refractivity contribution in [3.63, 3.8) is 0 Å². The zero-order chi connectivity index (χ0) is 16.2. The number of halogens is 3. The Morgan fingerprint density at radius 3 is 2.57 bits per heavy atom. The van der Waals surface area contributed by atoms with E-state index in [0.29, 0.717) is 12.1 Å². The molecule has 0 spiro atoms. The highest BCUT2D eigenvalue weighted by Crippen LogP contribution is 2.33. The van der Waals surface area contributed by atoms with Crippen molar-refractivity contribution in [1.82, 2.24) is 0 Å². The molecule has 0 heterocycles. The number of ether oxygens (including phenoxy) is 1. The van der Waals surface area contributed by atoms with E-state index in [2.05, 4.69) is 4.74 Å². The fourth-order valence-corrected chi connectivity index (χ4v) is 2.20. The van der Waals surface area contributed by atoms with Crippen LogP contribution in [0.4, 0.5) is 13.2 Å². The van der Waals surface area contributed by atoms with E-state index in [9.17, 15) is 22.2 Å². The summed E-state index contributed by atoms with van der Waals surface area (Å²) in [6, 6.07) is 3.90. The van der Waals surface area contributed by atoms with Crippen LogP contribution < -0.4 is 0 Å². The van der Waals surface area contributed by atoms with Gasteiger partial charge in [-0.2, -0.15) is 18.4 Å². The van der Waals surface area contributed by atoms with E-state index in [1.165, 1.54) is 0 Å². The van der Waals surface area contributed by atoms with Crippen molar-refractivity contribution in [3.8, 4) is 6.07 Å². The third-order valence-corrected chi connectivity index (χ3v) is 3.18. The van der Waals surface area contributed by atoms with E-state index in [1.807, 2.05) is 0 Å². The molecule has 0 fully saturated rings. The number of rotatable bonds is 4. The lowest BCUT2D eigenvalue weighted by Crippen LogP contribution is -2.16. The molecule has 9 heteroatoms. The predicted octanol–water partition coefficient (Wildman–Crippen LogP) is 2.21. The van der Waals surface area contributed by atoms with Gasteiger partial charge in [0.25, 0.3) is 0 Å². The number of hydrogen-bond donors (Lipinski definition) is 1. The third-order valence-electron chi connectivity index (χ3n) is 2.63. The van der Waals surface area contributed by atoms with Crippen molar-refractivity contribution in [2.75, 3.05) is 7.11 Å². The second kappa shape index (κ2) is 6.69. The van der Waals surface area contributed by atoms with Crippen molar-refractivity contribution >= 4 is 17.0 Å². The van der Waals surface area contributed by atoms with Gasteiger partial charge in [0.15, 0.2) is 17.0 Å². The zero-order valence-electron chi connectivity index (χ0n) is 10.7. The van der Waals surface area contributed by atoms with Gasteiger partial charge >= 0.3 is 12.1 Å². The minimum Gasteiger partial charge on any atom is -0.468 e. The van der Waals surface area contributed by atoms with Crippen molar-refractivity contribution in [2.45, 2.75) is 17.8 Å². The molecule has 114 valence electrons. The molecular weight excluding hydrogens is 311 g/mol. The maximum atomic E-state index is 12.6. The van der Waals surface area contributed by atoms with Crippen LogP contribution in [0.3, 0.4) is 0 Å². The number of alkyl halides is 3. The van der Waals surface area contributed by atoms with E-state index >= 15 is 0 Å². The minimum absolute atomic E-state index is 0.0836. The number of esters is 1. The summed E-state index contributed by atoms with van der Waals surface area (Å²) in [4.78, 5) is 11.5. The molecule has 0 aliphatic rings. The van der Waals surface area contributed by atoms with Crippen LogP contribution in [0.2, 0.25) is 0 Å². The predicted molar refractivity (Wildman–Crippen MR) is 66.3 cm³/mol. The molecule has 5 nitrogen and oxygen atoms in total. The molecule has 0 radical (unpaired) electrons. The maximum Gasteiger partial charge on any atom is 0.416 e. The first-order valence-electron chi connectivity index (χ1n) is 5.45. The number of methoxy groups -OCH3 is 1. The fourth-order valence-electron chi connectivity index (χ4n) is 1.69. The van der Waals surface area contributed by atoms with Gasteiger partial charge < -0.3 is 9.29 Å². The number of nitriles is 1. The molecule has 0 aromatic heterocycles. The number of carbonyl (C=O) groups excluding carboxylic acids is 1. The van der Waals surface area contributed by atoms with Gasteiger partial charge in [-0.25, -0.2) is 4.21 Å². The second-order valence-electron chi connectivity index (χ2n) is 3.96. The molecule has 0 aliphatic carbocycles. The summed E-state index contributed by atoms with van der Waals surface area (Å²) in [5.41, 5.74) is -1.32. The summed E-state index contributed by atoms with van der Waals surface area (Å²) >= 11 is -2.42. The lowest BCUT2D eigenvalue weighted by atomic mass is 9.94. The lowest BCUT2D eigenvalue weighted by Gasteiger charge is -2.15. The molecule has 0 saturated heterocycles. The molecule has 2 unspecified atom stereocenters. The fraction of sp³-hybridized carbons (Fsp3) is 0.333. The van der Waals surface area contributed by atoms with Crippen LogP contribution in [-0.4, -0.2) is 21.8 Å². The minimum atomic E-state index is -4.64. The summed E-state index contributed by atoms with van der Waals surface area (Å²) in [5.74, 6) is -3.05. The molecule has 0 saturated carbocycles. The first kappa shape index (κ1) is 17.1. The summed E-state index contributed by atoms with van der Waals surface area (Å²) in [7, 11) is 1.03. The maximum absolute atomic E-state index is 12.6. The third kappa shape index (κ3) is 4.27. The standard InChI is InChI=1S/C12H10F3NO4S/c1-20-11(17)10(5-16)9-3-2-8(12(13,14)15)4-7(9)6-21(18)19/h2-4,10H,6H2,1H3,(H,18,19). The Bertz CT molecular complexity index is 610. The van der Waals surface area contributed by atoms with Gasteiger partial charge in [0.05, 0.1) is 24.5 Å². The molecule has 1 rings (SSSR count). The Morgan fingerprint density at radius 1 is 1.52 bits per heavy atom. The molecule has 1 aromatic rings. The van der Waals surface area contributed by atoms with Crippen molar-refractivity contribution in [1.29, 1.82) is 5.26 Å². The summed E-state index contributed by atoms with van der Waals surface area (Å²) < 4.78 is 62.1. The summed E-state index contributed by atoms with van der Waals surface area (Å²) in [5, 5.41) is 8.96. The normalized spacial score (nSPS) is 14.1. The molecule has 1 N–H and O–H groups in total. The Kier molecular flexibility index (Phi) is 5.46. The van der Waals surface area contributed by atoms with Gasteiger partial charge in [-0.15, -0.1) is 0 Å². The number of hydrogen-bond acceptors (Lipinski definition) is 4. The molecule has 1 aromatic carbocycles. The molecule has 2 atom stereocenters. The van der Waals surface area contributed by atoms with Crippen molar-refractivity contribution in [2.24, 2.45) is 0 Å². The number of carbonyl (C=O) groups is 1. The van der Waals surface area contributed by atoms with E-state index in [1.54, 1.807) is 6.07 Å². The lowest BCUT2D eigenvalue weighted by molar-refractivity contribution is -0.141. The Balaban J connectivity index is 3.41. The van der Waals surface area contributed by atoms with Crippen LogP contribution >= 0.6 is 0 Å². The first-order chi connectivity index (χ1) is 9.70. The summed E-state index contributed by atoms with van der Waals surface area (Å²) in [6.07, 6.45) is -4.64. The Hall–Kier alpha value is -1.92. The van der Waals surface area contributed by atoms with Gasteiger partial charge in [0.1, 0.15) is 0 Å². The average molecular weight is 321 g/mol. The highest BCUT2D eigenvalue weighted by Gasteiger charge is 2.33. The van der Waals surface area contributed by atoms with Crippen LogP contribution in [0, 0.1) is 11.3 Å². The number of nitrogens with zero attached hydrogens (tertiary/aromatic N) is 1. The molecular formula is C12H10F3NO4S. The van der Waals surface area contributed by atoms with Crippen LogP contribution in [0.1, 0.15) is 22.6 Å². The van der Waals surface area contributed by atoms with Gasteiger partial charge in [-0.3, -0.25) is 4.79 Å².